The van der Waals surface area contributed by atoms with Crippen molar-refractivity contribution in [2.45, 2.75) is 26.3 Å². The summed E-state index contributed by atoms with van der Waals surface area (Å²) in [6.45, 7) is 3.93. The van der Waals surface area contributed by atoms with Crippen molar-refractivity contribution < 1.29 is 14.3 Å². The van der Waals surface area contributed by atoms with Crippen molar-refractivity contribution in [2.75, 3.05) is 20.0 Å². The number of ether oxygens (including phenoxy) is 2. The number of aromatic nitrogens is 3. The van der Waals surface area contributed by atoms with Gasteiger partial charge in [-0.05, 0) is 49.2 Å². The second-order valence-corrected chi connectivity index (χ2v) is 7.60. The van der Waals surface area contributed by atoms with E-state index in [4.69, 9.17) is 20.2 Å². The average molecular weight is 447 g/mol. The van der Waals surface area contributed by atoms with Gasteiger partial charge in [0.05, 0.1) is 31.5 Å². The molecule has 0 aliphatic carbocycles. The van der Waals surface area contributed by atoms with Crippen molar-refractivity contribution in [3.63, 3.8) is 0 Å². The van der Waals surface area contributed by atoms with Gasteiger partial charge >= 0.3 is 0 Å². The zero-order valence-corrected chi connectivity index (χ0v) is 19.0. The lowest BCUT2D eigenvalue weighted by Gasteiger charge is -2.11. The summed E-state index contributed by atoms with van der Waals surface area (Å²) in [6, 6.07) is 12.9. The summed E-state index contributed by atoms with van der Waals surface area (Å²) >= 11 is 0. The molecule has 0 radical (unpaired) electrons. The number of nitrogens with one attached hydrogen (secondary N) is 1. The molecule has 170 valence electrons. The lowest BCUT2D eigenvalue weighted by Crippen LogP contribution is -2.32. The van der Waals surface area contributed by atoms with E-state index in [9.17, 15) is 4.79 Å². The predicted octanol–water partition coefficient (Wildman–Crippen LogP) is 3.59. The molecule has 0 fully saturated rings. The number of nitrogens with two attached hydrogens (primary N) is 1. The van der Waals surface area contributed by atoms with Gasteiger partial charge in [0.2, 0.25) is 0 Å². The van der Waals surface area contributed by atoms with Gasteiger partial charge in [-0.2, -0.15) is 9.78 Å². The third kappa shape index (κ3) is 4.17. The molecule has 2 aromatic heterocycles. The molecule has 0 spiro atoms. The van der Waals surface area contributed by atoms with Crippen LogP contribution in [0.15, 0.2) is 47.6 Å². The van der Waals surface area contributed by atoms with E-state index in [-0.39, 0.29) is 23.3 Å². The number of benzene rings is 2. The Kier molecular flexibility index (Phi) is 6.12. The molecule has 0 saturated heterocycles. The van der Waals surface area contributed by atoms with Crippen LogP contribution in [-0.4, -0.2) is 47.0 Å². The van der Waals surface area contributed by atoms with Gasteiger partial charge in [0.25, 0.3) is 5.91 Å². The van der Waals surface area contributed by atoms with E-state index in [1.807, 2.05) is 44.2 Å². The largest absolute Gasteiger partial charge is 0.493 e. The van der Waals surface area contributed by atoms with Crippen LogP contribution in [0.5, 0.6) is 11.5 Å². The summed E-state index contributed by atoms with van der Waals surface area (Å²) in [5.41, 5.74) is 9.59. The van der Waals surface area contributed by atoms with E-state index in [0.29, 0.717) is 33.7 Å². The lowest BCUT2D eigenvalue weighted by molar-refractivity contribution is 0.0941. The van der Waals surface area contributed by atoms with Crippen LogP contribution in [0.4, 0.5) is 5.82 Å². The molecular weight excluding hydrogens is 420 g/mol. The Bertz CT molecular complexity index is 1360. The zero-order valence-electron chi connectivity index (χ0n) is 19.0. The molecule has 2 heterocycles. The Labute approximate surface area is 191 Å². The fourth-order valence-corrected chi connectivity index (χ4v) is 3.44. The number of carbonyl (C=O) groups is 1. The summed E-state index contributed by atoms with van der Waals surface area (Å²) in [7, 11) is 3.15. The summed E-state index contributed by atoms with van der Waals surface area (Å²) < 4.78 is 12.1. The second kappa shape index (κ2) is 9.15. The average Bonchev–Trinajstić information content (AvgIpc) is 3.10. The minimum Gasteiger partial charge on any atom is -0.493 e. The van der Waals surface area contributed by atoms with Crippen molar-refractivity contribution in [3.05, 3.63) is 53.6 Å². The minimum absolute atomic E-state index is 0.0148. The number of fused-ring (bicyclic) bond motifs is 2. The van der Waals surface area contributed by atoms with E-state index in [0.717, 1.165) is 12.0 Å². The molecule has 33 heavy (non-hydrogen) atoms. The maximum absolute atomic E-state index is 13.1. The van der Waals surface area contributed by atoms with Gasteiger partial charge in [-0.15, -0.1) is 0 Å². The summed E-state index contributed by atoms with van der Waals surface area (Å²) in [5.74, 6) is 1.04. The zero-order chi connectivity index (χ0) is 23.5. The van der Waals surface area contributed by atoms with Crippen LogP contribution in [0.2, 0.25) is 0 Å². The molecule has 9 heteroatoms. The normalized spacial score (nSPS) is 12.4. The predicted molar refractivity (Wildman–Crippen MR) is 129 cm³/mol. The third-order valence-corrected chi connectivity index (χ3v) is 5.42. The summed E-state index contributed by atoms with van der Waals surface area (Å²) in [6.07, 6.45) is 2.40. The highest BCUT2D eigenvalue weighted by atomic mass is 16.5. The molecule has 2 aromatic carbocycles. The maximum Gasteiger partial charge on any atom is 0.257 e. The molecule has 0 aliphatic rings. The second-order valence-electron chi connectivity index (χ2n) is 7.60. The highest BCUT2D eigenvalue weighted by molar-refractivity contribution is 6.10. The molecule has 1 amide bonds. The van der Waals surface area contributed by atoms with E-state index in [2.05, 4.69) is 15.4 Å². The van der Waals surface area contributed by atoms with Crippen molar-refractivity contribution in [1.82, 2.24) is 20.0 Å². The van der Waals surface area contributed by atoms with E-state index in [1.165, 1.54) is 4.68 Å². The van der Waals surface area contributed by atoms with Crippen molar-refractivity contribution >= 4 is 40.1 Å². The Morgan fingerprint density at radius 1 is 1.15 bits per heavy atom. The highest BCUT2D eigenvalue weighted by Crippen LogP contribution is 2.29. The van der Waals surface area contributed by atoms with Gasteiger partial charge in [0.15, 0.2) is 17.1 Å². The minimum atomic E-state index is -0.309. The number of methoxy groups -OCH3 is 2. The molecular formula is C24H26N6O3. The molecule has 9 nitrogen and oxygen atoms in total. The van der Waals surface area contributed by atoms with E-state index < -0.39 is 0 Å². The number of hydrogen-bond acceptors (Lipinski definition) is 7. The van der Waals surface area contributed by atoms with Crippen LogP contribution in [0, 0.1) is 0 Å². The fourth-order valence-electron chi connectivity index (χ4n) is 3.44. The number of carbonyl (C=O) groups excluding carboxylic acids is 1. The monoisotopic (exact) mass is 446 g/mol. The highest BCUT2D eigenvalue weighted by Gasteiger charge is 2.24. The van der Waals surface area contributed by atoms with Crippen LogP contribution >= 0.6 is 0 Å². The molecule has 1 atom stereocenters. The van der Waals surface area contributed by atoms with Crippen molar-refractivity contribution in [3.8, 4) is 11.5 Å². The van der Waals surface area contributed by atoms with E-state index >= 15 is 0 Å². The number of anilines is 1. The number of rotatable bonds is 7. The Balaban J connectivity index is 1.87. The van der Waals surface area contributed by atoms with Gasteiger partial charge in [0.1, 0.15) is 16.9 Å². The molecule has 3 N–H and O–H groups in total. The Morgan fingerprint density at radius 2 is 1.85 bits per heavy atom. The molecule has 0 aliphatic heterocycles. The lowest BCUT2D eigenvalue weighted by atomic mass is 10.2. The number of para-hydroxylation sites is 2. The van der Waals surface area contributed by atoms with Crippen molar-refractivity contribution in [1.29, 1.82) is 0 Å². The summed E-state index contributed by atoms with van der Waals surface area (Å²) in [5, 5.41) is 7.49. The van der Waals surface area contributed by atoms with Gasteiger partial charge < -0.3 is 20.5 Å². The quantitative estimate of drug-likeness (QED) is 0.419. The van der Waals surface area contributed by atoms with Gasteiger partial charge in [-0.1, -0.05) is 19.1 Å². The van der Waals surface area contributed by atoms with Crippen LogP contribution in [0.25, 0.3) is 22.2 Å². The molecule has 4 aromatic rings. The van der Waals surface area contributed by atoms with Gasteiger partial charge in [-0.25, -0.2) is 9.97 Å². The third-order valence-electron chi connectivity index (χ3n) is 5.42. The Hall–Kier alpha value is -4.14. The Morgan fingerprint density at radius 3 is 2.52 bits per heavy atom. The van der Waals surface area contributed by atoms with Crippen LogP contribution < -0.4 is 20.5 Å². The van der Waals surface area contributed by atoms with Crippen LogP contribution in [-0.2, 0) is 0 Å². The first kappa shape index (κ1) is 22.1. The number of hydrogen-bond donors (Lipinski definition) is 2. The van der Waals surface area contributed by atoms with Crippen molar-refractivity contribution in [2.24, 2.45) is 5.10 Å². The summed E-state index contributed by atoms with van der Waals surface area (Å²) in [4.78, 5) is 22.5. The topological polar surface area (TPSA) is 117 Å². The number of amides is 1. The molecule has 0 saturated carbocycles. The maximum atomic E-state index is 13.1. The smallest absolute Gasteiger partial charge is 0.257 e. The van der Waals surface area contributed by atoms with Gasteiger partial charge in [0, 0.05) is 6.04 Å². The first-order chi connectivity index (χ1) is 16.0. The number of nitrogen functional groups attached to an aromatic ring is 1. The fraction of sp³-hybridized carbons (Fsp3) is 0.250. The molecule has 4 rings (SSSR count). The van der Waals surface area contributed by atoms with Gasteiger partial charge in [-0.3, -0.25) is 4.79 Å². The van der Waals surface area contributed by atoms with E-state index in [1.54, 1.807) is 32.6 Å². The standard InChI is InChI=1S/C24H26N6O3/c1-5-14(2)27-24(31)20-21-23(29-17-9-7-6-8-16(17)28-21)30(22(20)25)26-13-15-10-11-18(32-3)19(12-15)33-4/h6-14H,5,25H2,1-4H3,(H,27,31)/b26-13-/t14-/m0/s1. The van der Waals surface area contributed by atoms with Crippen LogP contribution in [0.1, 0.15) is 36.2 Å². The van der Waals surface area contributed by atoms with Crippen LogP contribution in [0.3, 0.4) is 0 Å². The SMILES string of the molecule is CC[C@H](C)NC(=O)c1c(N)n(/N=C\c2ccc(OC)c(OC)c2)c2nc3ccccc3nc12. The first-order valence-corrected chi connectivity index (χ1v) is 10.6. The first-order valence-electron chi connectivity index (χ1n) is 10.6. The number of nitrogens with zero attached hydrogens (tertiary/aromatic N) is 4. The molecule has 0 bridgehead atoms. The molecule has 0 unspecified atom stereocenters.